The van der Waals surface area contributed by atoms with E-state index in [0.717, 1.165) is 25.7 Å². The number of carbonyl (C=O) groups is 1. The Labute approximate surface area is 173 Å². The van der Waals surface area contributed by atoms with Crippen LogP contribution >= 0.6 is 23.1 Å². The van der Waals surface area contributed by atoms with Gasteiger partial charge < -0.3 is 5.32 Å². The van der Waals surface area contributed by atoms with E-state index in [2.05, 4.69) is 39.6 Å². The Hall–Kier alpha value is -2.43. The third-order valence-corrected chi connectivity index (χ3v) is 6.99. The van der Waals surface area contributed by atoms with Gasteiger partial charge in [-0.3, -0.25) is 4.79 Å². The van der Waals surface area contributed by atoms with Gasteiger partial charge in [-0.15, -0.1) is 11.3 Å². The van der Waals surface area contributed by atoms with Crippen molar-refractivity contribution in [3.63, 3.8) is 0 Å². The van der Waals surface area contributed by atoms with Crippen LogP contribution in [-0.2, 0) is 4.79 Å². The van der Waals surface area contributed by atoms with Crippen LogP contribution in [0.3, 0.4) is 0 Å². The fourth-order valence-electron chi connectivity index (χ4n) is 2.55. The van der Waals surface area contributed by atoms with E-state index >= 15 is 0 Å². The minimum absolute atomic E-state index is 0.00899. The molecule has 1 N–H and O–H groups in total. The number of thioether (sulfide) groups is 1. The first-order valence-electron chi connectivity index (χ1n) is 9.04. The quantitative estimate of drug-likeness (QED) is 0.462. The van der Waals surface area contributed by atoms with E-state index in [1.807, 2.05) is 39.0 Å². The summed E-state index contributed by atoms with van der Waals surface area (Å²) in [5.74, 6) is -0.164. The molecule has 2 heterocycles. The lowest BCUT2D eigenvalue weighted by atomic mass is 9.90. The second-order valence-electron chi connectivity index (χ2n) is 7.09. The third-order valence-electron chi connectivity index (χ3n) is 4.78. The van der Waals surface area contributed by atoms with Crippen LogP contribution in [-0.4, -0.2) is 26.7 Å². The van der Waals surface area contributed by atoms with Crippen LogP contribution in [0.25, 0.3) is 20.7 Å². The highest BCUT2D eigenvalue weighted by molar-refractivity contribution is 8.00. The Kier molecular flexibility index (Phi) is 6.01. The molecule has 3 aromatic rings. The lowest BCUT2D eigenvalue weighted by molar-refractivity contribution is -0.121. The van der Waals surface area contributed by atoms with E-state index in [4.69, 9.17) is 0 Å². The van der Waals surface area contributed by atoms with Crippen molar-refractivity contribution in [3.8, 4) is 16.5 Å². The molecule has 0 spiro atoms. The molecule has 144 valence electrons. The minimum atomic E-state index is -0.893. The number of amides is 1. The zero-order valence-corrected chi connectivity index (χ0v) is 17.9. The first kappa shape index (κ1) is 20.3. The highest BCUT2D eigenvalue weighted by Gasteiger charge is 2.32. The van der Waals surface area contributed by atoms with Crippen LogP contribution in [0.2, 0.25) is 0 Å². The third kappa shape index (κ3) is 4.18. The number of carbonyl (C=O) groups excluding carboxylic acids is 1. The van der Waals surface area contributed by atoms with Crippen molar-refractivity contribution in [1.29, 1.82) is 5.26 Å². The van der Waals surface area contributed by atoms with E-state index in [1.54, 1.807) is 18.3 Å². The Bertz CT molecular complexity index is 1030. The maximum Gasteiger partial charge on any atom is 0.234 e. The van der Waals surface area contributed by atoms with Crippen molar-refractivity contribution < 1.29 is 4.79 Å². The molecule has 28 heavy (non-hydrogen) atoms. The van der Waals surface area contributed by atoms with Crippen LogP contribution in [0, 0.1) is 17.2 Å². The topological polar surface area (TPSA) is 78.7 Å². The average Bonchev–Trinajstić information content (AvgIpc) is 3.13. The maximum atomic E-state index is 12.7. The Morgan fingerprint density at radius 3 is 2.61 bits per heavy atom. The van der Waals surface area contributed by atoms with Crippen molar-refractivity contribution in [2.24, 2.45) is 5.92 Å². The van der Waals surface area contributed by atoms with Gasteiger partial charge in [0, 0.05) is 10.3 Å². The van der Waals surface area contributed by atoms with Crippen molar-refractivity contribution >= 4 is 39.2 Å². The molecule has 1 aromatic carbocycles. The summed E-state index contributed by atoms with van der Waals surface area (Å²) in [5, 5.41) is 13.7. The molecule has 0 saturated heterocycles. The molecule has 1 amide bonds. The number of hydrogen-bond donors (Lipinski definition) is 1. The van der Waals surface area contributed by atoms with E-state index in [-0.39, 0.29) is 17.1 Å². The fourth-order valence-corrected chi connectivity index (χ4v) is 4.51. The Balaban J connectivity index is 1.83. The fraction of sp³-hybridized carbons (Fsp3) is 0.333. The van der Waals surface area contributed by atoms with Crippen LogP contribution in [0.15, 0.2) is 47.8 Å². The summed E-state index contributed by atoms with van der Waals surface area (Å²) in [5.41, 5.74) is 0.240. The SMILES string of the molecule is CC(C)[C@](C)(C#N)NC(=O)[C@@H](C)Sc1ncnc2sc(-c3ccccc3)cc12. The highest BCUT2D eigenvalue weighted by atomic mass is 32.2. The second kappa shape index (κ2) is 8.29. The van der Waals surface area contributed by atoms with Gasteiger partial charge in [-0.1, -0.05) is 55.9 Å². The maximum absolute atomic E-state index is 12.7. The zero-order chi connectivity index (χ0) is 20.3. The molecule has 0 fully saturated rings. The van der Waals surface area contributed by atoms with Gasteiger partial charge in [0.15, 0.2) is 0 Å². The normalized spacial score (nSPS) is 14.4. The number of nitrogens with one attached hydrogen (secondary N) is 1. The minimum Gasteiger partial charge on any atom is -0.337 e. The number of thiophene rings is 1. The summed E-state index contributed by atoms with van der Waals surface area (Å²) in [4.78, 5) is 23.5. The van der Waals surface area contributed by atoms with Crippen LogP contribution < -0.4 is 5.32 Å². The lowest BCUT2D eigenvalue weighted by Crippen LogP contribution is -2.51. The van der Waals surface area contributed by atoms with Gasteiger partial charge in [0.2, 0.25) is 5.91 Å². The Morgan fingerprint density at radius 2 is 1.96 bits per heavy atom. The van der Waals surface area contributed by atoms with Gasteiger partial charge in [0.1, 0.15) is 21.7 Å². The summed E-state index contributed by atoms with van der Waals surface area (Å²) >= 11 is 3.00. The van der Waals surface area contributed by atoms with Gasteiger partial charge >= 0.3 is 0 Å². The van der Waals surface area contributed by atoms with Gasteiger partial charge in [-0.2, -0.15) is 5.26 Å². The van der Waals surface area contributed by atoms with Gasteiger partial charge in [0.25, 0.3) is 0 Å². The number of aromatic nitrogens is 2. The zero-order valence-electron chi connectivity index (χ0n) is 16.3. The number of hydrogen-bond acceptors (Lipinski definition) is 6. The number of nitriles is 1. The van der Waals surface area contributed by atoms with Crippen molar-refractivity contribution in [2.45, 2.75) is 43.5 Å². The number of benzene rings is 1. The predicted molar refractivity (Wildman–Crippen MR) is 115 cm³/mol. The first-order valence-corrected chi connectivity index (χ1v) is 10.7. The first-order chi connectivity index (χ1) is 13.3. The van der Waals surface area contributed by atoms with Gasteiger partial charge in [-0.25, -0.2) is 9.97 Å². The molecule has 0 aliphatic rings. The molecule has 3 rings (SSSR count). The number of fused-ring (bicyclic) bond motifs is 1. The van der Waals surface area contributed by atoms with Crippen LogP contribution in [0.1, 0.15) is 27.7 Å². The van der Waals surface area contributed by atoms with Gasteiger partial charge in [-0.05, 0) is 31.4 Å². The standard InChI is InChI=1S/C21H22N4OS2/c1-13(2)21(4,11-22)25-18(26)14(3)27-19-16-10-17(15-8-6-5-7-9-15)28-20(16)24-12-23-19/h5-10,12-14H,1-4H3,(H,25,26)/t14-,21+/m1/s1. The molecule has 0 bridgehead atoms. The largest absolute Gasteiger partial charge is 0.337 e. The molecule has 7 heteroatoms. The number of nitrogens with zero attached hydrogens (tertiary/aromatic N) is 3. The van der Waals surface area contributed by atoms with E-state index < -0.39 is 5.54 Å². The average molecular weight is 411 g/mol. The van der Waals surface area contributed by atoms with Crippen LogP contribution in [0.5, 0.6) is 0 Å². The smallest absolute Gasteiger partial charge is 0.234 e. The summed E-state index contributed by atoms with van der Waals surface area (Å²) in [6.45, 7) is 7.43. The summed E-state index contributed by atoms with van der Waals surface area (Å²) in [6.07, 6.45) is 1.54. The molecule has 2 atom stereocenters. The molecule has 0 saturated carbocycles. The van der Waals surface area contributed by atoms with E-state index in [1.165, 1.54) is 18.1 Å². The molecule has 0 aliphatic heterocycles. The molecule has 2 aromatic heterocycles. The predicted octanol–water partition coefficient (Wildman–Crippen LogP) is 4.89. The van der Waals surface area contributed by atoms with Crippen molar-refractivity contribution in [1.82, 2.24) is 15.3 Å². The number of rotatable bonds is 6. The molecule has 0 unspecified atom stereocenters. The highest BCUT2D eigenvalue weighted by Crippen LogP contribution is 2.37. The summed E-state index contributed by atoms with van der Waals surface area (Å²) < 4.78 is 0. The molecular weight excluding hydrogens is 388 g/mol. The summed E-state index contributed by atoms with van der Waals surface area (Å²) in [6, 6.07) is 14.4. The van der Waals surface area contributed by atoms with E-state index in [0.29, 0.717) is 0 Å². The van der Waals surface area contributed by atoms with Crippen molar-refractivity contribution in [3.05, 3.63) is 42.7 Å². The monoisotopic (exact) mass is 410 g/mol. The van der Waals surface area contributed by atoms with Crippen LogP contribution in [0.4, 0.5) is 0 Å². The second-order valence-corrected chi connectivity index (χ2v) is 9.45. The lowest BCUT2D eigenvalue weighted by Gasteiger charge is -2.28. The van der Waals surface area contributed by atoms with E-state index in [9.17, 15) is 10.1 Å². The molecule has 0 aliphatic carbocycles. The Morgan fingerprint density at radius 1 is 1.25 bits per heavy atom. The van der Waals surface area contributed by atoms with Crippen molar-refractivity contribution in [2.75, 3.05) is 0 Å². The van der Waals surface area contributed by atoms with Gasteiger partial charge in [0.05, 0.1) is 11.3 Å². The molecular formula is C21H22N4OS2. The molecule has 5 nitrogen and oxygen atoms in total. The molecule has 0 radical (unpaired) electrons. The summed E-state index contributed by atoms with van der Waals surface area (Å²) in [7, 11) is 0.